The van der Waals surface area contributed by atoms with Crippen molar-refractivity contribution in [3.8, 4) is 0 Å². The predicted octanol–water partition coefficient (Wildman–Crippen LogP) is 1.73. The molecule has 1 aromatic rings. The van der Waals surface area contributed by atoms with Gasteiger partial charge in [0.15, 0.2) is 10.9 Å². The van der Waals surface area contributed by atoms with Gasteiger partial charge in [-0.05, 0) is 27.1 Å². The molecule has 0 aliphatic carbocycles. The van der Waals surface area contributed by atoms with Gasteiger partial charge in [0.05, 0.1) is 0 Å². The van der Waals surface area contributed by atoms with Gasteiger partial charge in [0.1, 0.15) is 5.69 Å². The van der Waals surface area contributed by atoms with Crippen molar-refractivity contribution >= 4 is 22.3 Å². The van der Waals surface area contributed by atoms with Crippen LogP contribution < -0.4 is 4.90 Å². The van der Waals surface area contributed by atoms with Crippen molar-refractivity contribution in [2.24, 2.45) is 0 Å². The molecule has 0 saturated carbocycles. The molecule has 0 aliphatic rings. The third-order valence-corrected chi connectivity index (χ3v) is 3.23. The molecule has 0 amide bonds. The summed E-state index contributed by atoms with van der Waals surface area (Å²) in [6.07, 6.45) is 1.10. The second kappa shape index (κ2) is 5.96. The molecule has 1 aromatic heterocycles. The van der Waals surface area contributed by atoms with Crippen molar-refractivity contribution < 1.29 is 4.79 Å². The summed E-state index contributed by atoms with van der Waals surface area (Å²) in [5.74, 6) is 0.0317. The van der Waals surface area contributed by atoms with Crippen LogP contribution in [-0.4, -0.2) is 49.9 Å². The summed E-state index contributed by atoms with van der Waals surface area (Å²) in [5.41, 5.74) is 0.569. The van der Waals surface area contributed by atoms with Gasteiger partial charge in [-0.25, -0.2) is 4.98 Å². The highest BCUT2D eigenvalue weighted by Crippen LogP contribution is 2.19. The fraction of sp³-hybridized carbons (Fsp3) is 0.636. The first kappa shape index (κ1) is 13.1. The molecule has 90 valence electrons. The number of anilines is 1. The fourth-order valence-electron chi connectivity index (χ4n) is 1.32. The van der Waals surface area contributed by atoms with Crippen LogP contribution in [0.1, 0.15) is 23.8 Å². The van der Waals surface area contributed by atoms with Crippen molar-refractivity contribution in [1.82, 2.24) is 9.88 Å². The third kappa shape index (κ3) is 3.90. The largest absolute Gasteiger partial charge is 0.351 e. The van der Waals surface area contributed by atoms with E-state index >= 15 is 0 Å². The SMILES string of the molecule is CC(=O)c1csc(N(C)CCCN(C)C)n1. The molecule has 0 spiro atoms. The van der Waals surface area contributed by atoms with Crippen molar-refractivity contribution in [2.45, 2.75) is 13.3 Å². The molecular formula is C11H19N3OS. The number of rotatable bonds is 6. The standard InChI is InChI=1S/C11H19N3OS/c1-9(15)10-8-16-11(12-10)14(4)7-5-6-13(2)3/h8H,5-7H2,1-4H3. The summed E-state index contributed by atoms with van der Waals surface area (Å²) in [6.45, 7) is 3.57. The van der Waals surface area contributed by atoms with E-state index in [0.29, 0.717) is 5.69 Å². The lowest BCUT2D eigenvalue weighted by molar-refractivity contribution is 0.101. The van der Waals surface area contributed by atoms with E-state index in [-0.39, 0.29) is 5.78 Å². The van der Waals surface area contributed by atoms with Crippen molar-refractivity contribution in [1.29, 1.82) is 0 Å². The topological polar surface area (TPSA) is 36.4 Å². The molecule has 1 rings (SSSR count). The van der Waals surface area contributed by atoms with Gasteiger partial charge >= 0.3 is 0 Å². The second-order valence-electron chi connectivity index (χ2n) is 4.15. The molecular weight excluding hydrogens is 222 g/mol. The van der Waals surface area contributed by atoms with E-state index in [1.54, 1.807) is 6.92 Å². The minimum atomic E-state index is 0.0317. The van der Waals surface area contributed by atoms with E-state index in [0.717, 1.165) is 24.6 Å². The lowest BCUT2D eigenvalue weighted by atomic mass is 10.3. The number of Topliss-reactive ketones (excluding diaryl/α,β-unsaturated/α-hetero) is 1. The summed E-state index contributed by atoms with van der Waals surface area (Å²) in [4.78, 5) is 19.7. The number of hydrogen-bond donors (Lipinski definition) is 0. The van der Waals surface area contributed by atoms with Crippen LogP contribution in [0.2, 0.25) is 0 Å². The van der Waals surface area contributed by atoms with E-state index in [1.807, 2.05) is 12.4 Å². The zero-order chi connectivity index (χ0) is 12.1. The van der Waals surface area contributed by atoms with Crippen LogP contribution in [0.15, 0.2) is 5.38 Å². The maximum absolute atomic E-state index is 11.1. The summed E-state index contributed by atoms with van der Waals surface area (Å²) in [6, 6.07) is 0. The molecule has 0 fully saturated rings. The molecule has 0 radical (unpaired) electrons. The number of aromatic nitrogens is 1. The Morgan fingerprint density at radius 2 is 2.06 bits per heavy atom. The highest BCUT2D eigenvalue weighted by Gasteiger charge is 2.09. The Morgan fingerprint density at radius 1 is 1.38 bits per heavy atom. The lowest BCUT2D eigenvalue weighted by Gasteiger charge is -2.17. The minimum Gasteiger partial charge on any atom is -0.351 e. The van der Waals surface area contributed by atoms with Crippen LogP contribution in [-0.2, 0) is 0 Å². The molecule has 1 heterocycles. The first-order chi connectivity index (χ1) is 7.50. The number of carbonyl (C=O) groups is 1. The molecule has 0 saturated heterocycles. The number of hydrogen-bond acceptors (Lipinski definition) is 5. The smallest absolute Gasteiger partial charge is 0.185 e. The zero-order valence-corrected chi connectivity index (χ0v) is 11.2. The Hall–Kier alpha value is -0.940. The normalized spacial score (nSPS) is 10.8. The Labute approximate surface area is 101 Å². The molecule has 0 bridgehead atoms. The maximum atomic E-state index is 11.1. The Balaban J connectivity index is 2.46. The van der Waals surface area contributed by atoms with Crippen LogP contribution in [0.5, 0.6) is 0 Å². The molecule has 0 aromatic carbocycles. The lowest BCUT2D eigenvalue weighted by Crippen LogP contribution is -2.23. The number of nitrogens with zero attached hydrogens (tertiary/aromatic N) is 3. The molecule has 0 atom stereocenters. The first-order valence-corrected chi connectivity index (χ1v) is 6.21. The summed E-state index contributed by atoms with van der Waals surface area (Å²) < 4.78 is 0. The fourth-order valence-corrected chi connectivity index (χ4v) is 2.18. The Kier molecular flexibility index (Phi) is 4.89. The average molecular weight is 241 g/mol. The van der Waals surface area contributed by atoms with Crippen molar-refractivity contribution in [2.75, 3.05) is 39.1 Å². The summed E-state index contributed by atoms with van der Waals surface area (Å²) in [7, 11) is 6.15. The summed E-state index contributed by atoms with van der Waals surface area (Å²) in [5, 5.41) is 2.74. The Bertz CT molecular complexity index is 349. The van der Waals surface area contributed by atoms with Gasteiger partial charge in [-0.15, -0.1) is 11.3 Å². The van der Waals surface area contributed by atoms with Gasteiger partial charge in [0.25, 0.3) is 0 Å². The van der Waals surface area contributed by atoms with Crippen LogP contribution in [0, 0.1) is 0 Å². The second-order valence-corrected chi connectivity index (χ2v) is 4.99. The highest BCUT2D eigenvalue weighted by molar-refractivity contribution is 7.13. The van der Waals surface area contributed by atoms with E-state index in [4.69, 9.17) is 0 Å². The van der Waals surface area contributed by atoms with E-state index in [9.17, 15) is 4.79 Å². The maximum Gasteiger partial charge on any atom is 0.185 e. The molecule has 0 unspecified atom stereocenters. The van der Waals surface area contributed by atoms with Gasteiger partial charge in [-0.3, -0.25) is 4.79 Å². The van der Waals surface area contributed by atoms with Gasteiger partial charge in [-0.1, -0.05) is 0 Å². The van der Waals surface area contributed by atoms with Crippen LogP contribution in [0.4, 0.5) is 5.13 Å². The zero-order valence-electron chi connectivity index (χ0n) is 10.4. The minimum absolute atomic E-state index is 0.0317. The Morgan fingerprint density at radius 3 is 2.56 bits per heavy atom. The van der Waals surface area contributed by atoms with Gasteiger partial charge < -0.3 is 9.80 Å². The average Bonchev–Trinajstić information content (AvgIpc) is 2.65. The number of thiazole rings is 1. The highest BCUT2D eigenvalue weighted by atomic mass is 32.1. The molecule has 5 heteroatoms. The quantitative estimate of drug-likeness (QED) is 0.711. The summed E-state index contributed by atoms with van der Waals surface area (Å²) >= 11 is 1.53. The molecule has 0 aliphatic heterocycles. The third-order valence-electron chi connectivity index (χ3n) is 2.28. The molecule has 16 heavy (non-hydrogen) atoms. The van der Waals surface area contributed by atoms with E-state index < -0.39 is 0 Å². The van der Waals surface area contributed by atoms with Crippen molar-refractivity contribution in [3.05, 3.63) is 11.1 Å². The van der Waals surface area contributed by atoms with Gasteiger partial charge in [-0.2, -0.15) is 0 Å². The first-order valence-electron chi connectivity index (χ1n) is 5.33. The van der Waals surface area contributed by atoms with Gasteiger partial charge in [0, 0.05) is 25.9 Å². The van der Waals surface area contributed by atoms with Crippen LogP contribution in [0.3, 0.4) is 0 Å². The number of carbonyl (C=O) groups excluding carboxylic acids is 1. The van der Waals surface area contributed by atoms with Crippen LogP contribution in [0.25, 0.3) is 0 Å². The number of ketones is 1. The van der Waals surface area contributed by atoms with E-state index in [2.05, 4.69) is 28.9 Å². The monoisotopic (exact) mass is 241 g/mol. The van der Waals surface area contributed by atoms with Crippen LogP contribution >= 0.6 is 11.3 Å². The predicted molar refractivity (Wildman–Crippen MR) is 68.6 cm³/mol. The van der Waals surface area contributed by atoms with Crippen molar-refractivity contribution in [3.63, 3.8) is 0 Å². The van der Waals surface area contributed by atoms with Gasteiger partial charge in [0.2, 0.25) is 0 Å². The van der Waals surface area contributed by atoms with E-state index in [1.165, 1.54) is 11.3 Å². The molecule has 4 nitrogen and oxygen atoms in total. The molecule has 0 N–H and O–H groups in total.